The highest BCUT2D eigenvalue weighted by molar-refractivity contribution is 6.05. The van der Waals surface area contributed by atoms with E-state index in [9.17, 15) is 34.5 Å². The van der Waals surface area contributed by atoms with Crippen LogP contribution < -0.4 is 0 Å². The Labute approximate surface area is 302 Å². The zero-order valence-electron chi connectivity index (χ0n) is 30.3. The molecule has 4 aliphatic carbocycles. The Bertz CT molecular complexity index is 1580. The predicted molar refractivity (Wildman–Crippen MR) is 182 cm³/mol. The van der Waals surface area contributed by atoms with E-state index in [0.29, 0.717) is 32.0 Å². The van der Waals surface area contributed by atoms with E-state index in [1.807, 2.05) is 13.8 Å². The van der Waals surface area contributed by atoms with E-state index < -0.39 is 82.3 Å². The molecule has 0 aromatic heterocycles. The van der Waals surface area contributed by atoms with Crippen molar-refractivity contribution in [1.29, 1.82) is 0 Å². The quantitative estimate of drug-likeness (QED) is 0.0826. The molecule has 0 bridgehead atoms. The van der Waals surface area contributed by atoms with Crippen LogP contribution in [0, 0.1) is 29.1 Å². The summed E-state index contributed by atoms with van der Waals surface area (Å²) in [6.07, 6.45) is 1.85. The second-order valence-electron chi connectivity index (χ2n) is 14.6. The highest BCUT2D eigenvalue weighted by Gasteiger charge is 2.87. The van der Waals surface area contributed by atoms with Crippen molar-refractivity contribution in [3.63, 3.8) is 0 Å². The molecule has 1 aromatic carbocycles. The van der Waals surface area contributed by atoms with Gasteiger partial charge >= 0.3 is 17.9 Å². The van der Waals surface area contributed by atoms with Gasteiger partial charge in [-0.05, 0) is 42.3 Å². The van der Waals surface area contributed by atoms with Crippen LogP contribution in [0.1, 0.15) is 61.8 Å². The number of ketones is 1. The molecule has 52 heavy (non-hydrogen) atoms. The molecule has 1 aromatic rings. The van der Waals surface area contributed by atoms with E-state index in [2.05, 4.69) is 0 Å². The summed E-state index contributed by atoms with van der Waals surface area (Å²) in [5.41, 5.74) is -5.18. The molecule has 14 nitrogen and oxygen atoms in total. The van der Waals surface area contributed by atoms with Gasteiger partial charge in [0.25, 0.3) is 0 Å². The minimum Gasteiger partial charge on any atom is -0.460 e. The van der Waals surface area contributed by atoms with E-state index in [4.69, 9.17) is 33.5 Å². The molecule has 2 fully saturated rings. The Hall–Kier alpha value is -3.50. The summed E-state index contributed by atoms with van der Waals surface area (Å²) in [4.78, 5) is 52.4. The van der Waals surface area contributed by atoms with Crippen LogP contribution in [0.15, 0.2) is 47.6 Å². The number of Topliss-reactive ketones (excluding diaryl/α,β-unsaturated/α-hetero) is 1. The van der Waals surface area contributed by atoms with Gasteiger partial charge in [0.2, 0.25) is 0 Å². The molecule has 0 radical (unpaired) electrons. The van der Waals surface area contributed by atoms with Gasteiger partial charge in [-0.1, -0.05) is 32.9 Å². The summed E-state index contributed by atoms with van der Waals surface area (Å²) < 4.78 is 33.3. The maximum atomic E-state index is 13.8. The summed E-state index contributed by atoms with van der Waals surface area (Å²) in [5, 5.41) is 43.6. The molecule has 0 amide bonds. The van der Waals surface area contributed by atoms with Gasteiger partial charge in [-0.3, -0.25) is 9.59 Å². The minimum atomic E-state index is -2.03. The van der Waals surface area contributed by atoms with Gasteiger partial charge in [0.1, 0.15) is 18.3 Å². The summed E-state index contributed by atoms with van der Waals surface area (Å²) in [7, 11) is 0. The molecule has 4 N–H and O–H groups in total. The smallest absolute Gasteiger partial charge is 0.338 e. The Morgan fingerprint density at radius 2 is 1.40 bits per heavy atom. The fourth-order valence-corrected chi connectivity index (χ4v) is 8.87. The van der Waals surface area contributed by atoms with Crippen LogP contribution in [0.25, 0.3) is 0 Å². The van der Waals surface area contributed by atoms with Crippen LogP contribution in [0.2, 0.25) is 0 Å². The fourth-order valence-electron chi connectivity index (χ4n) is 8.87. The molecule has 0 saturated heterocycles. The SMILES string of the molecule is CC(=O)O[C@@]12[C@H](OC(=O)c3ccc(C(=O)OCCOCCOCCOCCO)cc3)[C@@H](C)[C@@]3(O)[C@@H](C=C(CO)C[C@]4(O)C(=O)C(C)=C[C@@H]34)[C@@H]1C2(C)C. The van der Waals surface area contributed by atoms with Crippen molar-refractivity contribution in [3.05, 3.63) is 58.7 Å². The number of fused-ring (bicyclic) bond motifs is 5. The third-order valence-corrected chi connectivity index (χ3v) is 11.3. The number of esters is 3. The largest absolute Gasteiger partial charge is 0.460 e. The van der Waals surface area contributed by atoms with Gasteiger partial charge < -0.3 is 48.8 Å². The van der Waals surface area contributed by atoms with Crippen LogP contribution >= 0.6 is 0 Å². The first-order chi connectivity index (χ1) is 24.6. The lowest BCUT2D eigenvalue weighted by atomic mass is 9.59. The maximum absolute atomic E-state index is 13.8. The van der Waals surface area contributed by atoms with Crippen LogP contribution in [-0.4, -0.2) is 126 Å². The van der Waals surface area contributed by atoms with Crippen LogP contribution in [-0.2, 0) is 38.0 Å². The van der Waals surface area contributed by atoms with Gasteiger partial charge in [0.15, 0.2) is 11.4 Å². The monoisotopic (exact) mass is 730 g/mol. The third-order valence-electron chi connectivity index (χ3n) is 11.3. The van der Waals surface area contributed by atoms with E-state index in [1.54, 1.807) is 26.0 Å². The summed E-state index contributed by atoms with van der Waals surface area (Å²) in [6, 6.07) is 5.63. The average Bonchev–Trinajstić information content (AvgIpc) is 3.53. The second kappa shape index (κ2) is 15.5. The van der Waals surface area contributed by atoms with E-state index in [0.717, 1.165) is 0 Å². The van der Waals surface area contributed by atoms with E-state index >= 15 is 0 Å². The Kier molecular flexibility index (Phi) is 11.8. The molecule has 0 heterocycles. The van der Waals surface area contributed by atoms with Crippen molar-refractivity contribution in [2.24, 2.45) is 29.1 Å². The van der Waals surface area contributed by atoms with Crippen molar-refractivity contribution in [2.45, 2.75) is 63.9 Å². The molecule has 4 aliphatic rings. The number of aliphatic hydroxyl groups excluding tert-OH is 2. The van der Waals surface area contributed by atoms with Crippen molar-refractivity contribution >= 4 is 23.7 Å². The summed E-state index contributed by atoms with van der Waals surface area (Å²) >= 11 is 0. The molecule has 14 heteroatoms. The number of benzene rings is 1. The zero-order valence-corrected chi connectivity index (χ0v) is 30.3. The Morgan fingerprint density at radius 1 is 0.846 bits per heavy atom. The number of hydrogen-bond donors (Lipinski definition) is 4. The molecule has 5 rings (SSSR count). The lowest BCUT2D eigenvalue weighted by molar-refractivity contribution is -0.219. The highest BCUT2D eigenvalue weighted by Crippen LogP contribution is 2.77. The van der Waals surface area contributed by atoms with E-state index in [1.165, 1.54) is 31.2 Å². The normalized spacial score (nSPS) is 32.7. The van der Waals surface area contributed by atoms with Gasteiger partial charge in [0, 0.05) is 42.4 Å². The average molecular weight is 731 g/mol. The molecule has 2 saturated carbocycles. The number of ether oxygens (including phenoxy) is 6. The predicted octanol–water partition coefficient (Wildman–Crippen LogP) is 1.56. The Morgan fingerprint density at radius 3 is 1.96 bits per heavy atom. The molecular weight excluding hydrogens is 680 g/mol. The molecule has 286 valence electrons. The topological polar surface area (TPSA) is 205 Å². The van der Waals surface area contributed by atoms with Gasteiger partial charge in [-0.2, -0.15) is 0 Å². The summed E-state index contributed by atoms with van der Waals surface area (Å²) in [5.74, 6) is -6.06. The number of hydrogen-bond acceptors (Lipinski definition) is 14. The number of rotatable bonds is 16. The number of carbonyl (C=O) groups excluding carboxylic acids is 4. The lowest BCUT2D eigenvalue weighted by Gasteiger charge is -2.53. The van der Waals surface area contributed by atoms with Crippen molar-refractivity contribution in [3.8, 4) is 0 Å². The fraction of sp³-hybridized carbons (Fsp3) is 0.632. The number of carbonyl (C=O) groups is 4. The minimum absolute atomic E-state index is 0.00763. The van der Waals surface area contributed by atoms with E-state index in [-0.39, 0.29) is 49.5 Å². The summed E-state index contributed by atoms with van der Waals surface area (Å²) in [6.45, 7) is 9.41. The Balaban J connectivity index is 1.29. The maximum Gasteiger partial charge on any atom is 0.338 e. The van der Waals surface area contributed by atoms with Crippen molar-refractivity contribution in [2.75, 3.05) is 59.5 Å². The van der Waals surface area contributed by atoms with Crippen LogP contribution in [0.5, 0.6) is 0 Å². The van der Waals surface area contributed by atoms with Gasteiger partial charge in [-0.25, -0.2) is 9.59 Å². The first-order valence-electron chi connectivity index (χ1n) is 17.6. The third kappa shape index (κ3) is 6.86. The highest BCUT2D eigenvalue weighted by atomic mass is 16.6. The van der Waals surface area contributed by atoms with Gasteiger partial charge in [-0.15, -0.1) is 0 Å². The second-order valence-corrected chi connectivity index (χ2v) is 14.6. The first kappa shape index (κ1) is 39.7. The molecule has 8 atom stereocenters. The lowest BCUT2D eigenvalue weighted by Crippen LogP contribution is -2.66. The molecule has 0 aliphatic heterocycles. The zero-order chi connectivity index (χ0) is 38.1. The van der Waals surface area contributed by atoms with Gasteiger partial charge in [0.05, 0.1) is 69.6 Å². The van der Waals surface area contributed by atoms with Crippen molar-refractivity contribution in [1.82, 2.24) is 0 Å². The molecule has 0 spiro atoms. The van der Waals surface area contributed by atoms with Crippen LogP contribution in [0.3, 0.4) is 0 Å². The van der Waals surface area contributed by atoms with Crippen LogP contribution in [0.4, 0.5) is 0 Å². The standard InChI is InChI=1S/C38H50O14/c1-22-18-29-36(45,31(22)42)20-25(21-40)19-28-30-35(4,5)38(30,52-24(3)41)32(23(2)37(28,29)46)51-34(44)27-8-6-26(7-9-27)33(43)50-17-16-49-15-14-48-13-12-47-11-10-39/h6-9,18-19,23,28-30,32,39-40,45-46H,10-17,20-21H2,1-5H3/t23-,28+,29-,30-,32-,36-,37-,38-/m1/s1. The molecule has 0 unspecified atom stereocenters. The van der Waals surface area contributed by atoms with Crippen molar-refractivity contribution < 1.29 is 68.0 Å². The molecular formula is C38H50O14. The number of aliphatic hydroxyl groups is 4. The first-order valence-corrected chi connectivity index (χ1v) is 17.6.